The molecule has 0 saturated carbocycles. The Morgan fingerprint density at radius 1 is 1.00 bits per heavy atom. The van der Waals surface area contributed by atoms with E-state index in [0.717, 1.165) is 5.69 Å². The number of imidazole rings is 1. The van der Waals surface area contributed by atoms with Gasteiger partial charge in [-0.2, -0.15) is 0 Å². The topological polar surface area (TPSA) is 81.1 Å². The normalized spacial score (nSPS) is 8.71. The highest BCUT2D eigenvalue weighted by atomic mass is 35.5. The Balaban J connectivity index is 0.000000553. The minimum atomic E-state index is -0.233. The van der Waals surface area contributed by atoms with E-state index in [1.807, 2.05) is 31.8 Å². The second-order valence-corrected chi connectivity index (χ2v) is 5.81. The van der Waals surface area contributed by atoms with Crippen molar-refractivity contribution in [3.8, 4) is 5.69 Å². The van der Waals surface area contributed by atoms with Crippen LogP contribution in [0.3, 0.4) is 0 Å². The average Bonchev–Trinajstić information content (AvgIpc) is 3.24. The Labute approximate surface area is 174 Å². The van der Waals surface area contributed by atoms with Crippen LogP contribution < -0.4 is 5.32 Å². The molecule has 0 unspecified atom stereocenters. The minimum absolute atomic E-state index is 0.233. The van der Waals surface area contributed by atoms with Gasteiger partial charge in [-0.1, -0.05) is 59.1 Å². The summed E-state index contributed by atoms with van der Waals surface area (Å²) in [5.41, 5.74) is 2.46. The number of benzene rings is 2. The number of amides is 1. The van der Waals surface area contributed by atoms with Gasteiger partial charge in [0, 0.05) is 18.9 Å². The van der Waals surface area contributed by atoms with E-state index in [4.69, 9.17) is 32.8 Å². The van der Waals surface area contributed by atoms with E-state index in [0.29, 0.717) is 15.7 Å². The van der Waals surface area contributed by atoms with Crippen molar-refractivity contribution in [2.24, 2.45) is 0 Å². The molecule has 6 nitrogen and oxygen atoms in total. The third kappa shape index (κ3) is 8.16. The Hall–Kier alpha value is -2.96. The number of nitrogens with zero attached hydrogens (tertiary/aromatic N) is 2. The summed E-state index contributed by atoms with van der Waals surface area (Å²) >= 11 is 11.7. The number of rotatable bonds is 2. The maximum Gasteiger partial charge on any atom is 0.271 e. The third-order valence-corrected chi connectivity index (χ3v) is 3.92. The van der Waals surface area contributed by atoms with Crippen LogP contribution in [-0.2, 0) is 9.59 Å². The lowest BCUT2D eigenvalue weighted by molar-refractivity contribution is -0.0987. The Morgan fingerprint density at radius 3 is 2.07 bits per heavy atom. The van der Waals surface area contributed by atoms with E-state index in [1.165, 1.54) is 5.56 Å². The van der Waals surface area contributed by atoms with Crippen LogP contribution in [0.15, 0.2) is 61.1 Å². The molecule has 0 fully saturated rings. The lowest BCUT2D eigenvalue weighted by atomic mass is 10.2. The van der Waals surface area contributed by atoms with E-state index in [9.17, 15) is 4.79 Å². The fourth-order valence-corrected chi connectivity index (χ4v) is 2.18. The van der Waals surface area contributed by atoms with Crippen molar-refractivity contribution in [3.05, 3.63) is 82.4 Å². The number of halogens is 2. The average molecular weight is 422 g/mol. The number of aryl methyl sites for hydroxylation is 1. The van der Waals surface area contributed by atoms with Crippen molar-refractivity contribution >= 4 is 42.7 Å². The third-order valence-electron chi connectivity index (χ3n) is 3.18. The van der Waals surface area contributed by atoms with Crippen molar-refractivity contribution in [2.75, 3.05) is 7.05 Å². The molecule has 0 radical (unpaired) electrons. The van der Waals surface area contributed by atoms with Crippen LogP contribution >= 0.6 is 23.2 Å². The predicted molar refractivity (Wildman–Crippen MR) is 112 cm³/mol. The van der Waals surface area contributed by atoms with Gasteiger partial charge >= 0.3 is 0 Å². The molecular weight excluding hydrogens is 401 g/mol. The first-order valence-electron chi connectivity index (χ1n) is 7.82. The second kappa shape index (κ2) is 14.1. The van der Waals surface area contributed by atoms with Crippen LogP contribution in [0.4, 0.5) is 0 Å². The standard InChI is InChI=1S/C11H9Cl2N3O.C7H8.2CH2O/c1-14-11(17)10-5-16(6-15-10)7-2-3-8(12)9(13)4-7;1-7-5-3-2-4-6-7;2*1-2/h2-6H,1H3,(H,14,17);2-6H,1H3;2*1H2. The van der Waals surface area contributed by atoms with Crippen LogP contribution in [-0.4, -0.2) is 36.1 Å². The molecule has 0 bridgehead atoms. The molecule has 1 heterocycles. The van der Waals surface area contributed by atoms with Gasteiger partial charge in [0.05, 0.1) is 10.0 Å². The quantitative estimate of drug-likeness (QED) is 0.673. The number of aromatic nitrogens is 2. The Kier molecular flexibility index (Phi) is 12.6. The van der Waals surface area contributed by atoms with Crippen molar-refractivity contribution in [1.29, 1.82) is 0 Å². The SMILES string of the molecule is C=O.C=O.CNC(=O)c1cn(-c2ccc(Cl)c(Cl)c2)cn1.Cc1ccccc1. The molecule has 1 amide bonds. The number of hydrogen-bond donors (Lipinski definition) is 1. The zero-order chi connectivity index (χ0) is 21.5. The van der Waals surface area contributed by atoms with Gasteiger partial charge in [-0.25, -0.2) is 4.98 Å². The van der Waals surface area contributed by atoms with E-state index in [1.54, 1.807) is 42.3 Å². The summed E-state index contributed by atoms with van der Waals surface area (Å²) in [7, 11) is 1.56. The summed E-state index contributed by atoms with van der Waals surface area (Å²) in [6, 6.07) is 15.5. The highest BCUT2D eigenvalue weighted by Gasteiger charge is 2.08. The van der Waals surface area contributed by atoms with Crippen molar-refractivity contribution in [3.63, 3.8) is 0 Å². The van der Waals surface area contributed by atoms with Gasteiger partial charge in [0.2, 0.25) is 0 Å². The van der Waals surface area contributed by atoms with E-state index in [2.05, 4.69) is 29.4 Å². The molecule has 0 aliphatic carbocycles. The fourth-order valence-electron chi connectivity index (χ4n) is 1.89. The molecule has 2 aromatic carbocycles. The maximum absolute atomic E-state index is 11.3. The lowest BCUT2D eigenvalue weighted by Gasteiger charge is -2.03. The first-order valence-corrected chi connectivity index (χ1v) is 8.57. The molecule has 148 valence electrons. The van der Waals surface area contributed by atoms with Gasteiger partial charge in [0.15, 0.2) is 0 Å². The largest absolute Gasteiger partial charge is 0.354 e. The number of hydrogen-bond acceptors (Lipinski definition) is 4. The lowest BCUT2D eigenvalue weighted by Crippen LogP contribution is -2.17. The molecule has 0 saturated heterocycles. The molecule has 0 spiro atoms. The Bertz CT molecular complexity index is 853. The summed E-state index contributed by atoms with van der Waals surface area (Å²) in [6.45, 7) is 6.08. The highest BCUT2D eigenvalue weighted by Crippen LogP contribution is 2.24. The van der Waals surface area contributed by atoms with Gasteiger partial charge in [-0.3, -0.25) is 4.79 Å². The van der Waals surface area contributed by atoms with Gasteiger partial charge < -0.3 is 19.5 Å². The van der Waals surface area contributed by atoms with Gasteiger partial charge in [-0.05, 0) is 25.1 Å². The molecule has 3 rings (SSSR count). The fraction of sp³-hybridized carbons (Fsp3) is 0.100. The van der Waals surface area contributed by atoms with Gasteiger partial charge in [-0.15, -0.1) is 0 Å². The van der Waals surface area contributed by atoms with Gasteiger partial charge in [0.25, 0.3) is 5.91 Å². The molecule has 0 aliphatic rings. The molecule has 1 aromatic heterocycles. The maximum atomic E-state index is 11.3. The van der Waals surface area contributed by atoms with Crippen LogP contribution in [0.5, 0.6) is 0 Å². The zero-order valence-corrected chi connectivity index (χ0v) is 17.1. The van der Waals surface area contributed by atoms with Crippen molar-refractivity contribution in [1.82, 2.24) is 14.9 Å². The first-order chi connectivity index (χ1) is 13.5. The molecule has 8 heteroatoms. The second-order valence-electron chi connectivity index (χ2n) is 5.00. The van der Waals surface area contributed by atoms with Crippen LogP contribution in [0.1, 0.15) is 16.1 Å². The molecule has 28 heavy (non-hydrogen) atoms. The highest BCUT2D eigenvalue weighted by molar-refractivity contribution is 6.42. The predicted octanol–water partition coefficient (Wildman–Crippen LogP) is 4.16. The molecule has 0 aliphatic heterocycles. The Morgan fingerprint density at radius 2 is 1.61 bits per heavy atom. The summed E-state index contributed by atoms with van der Waals surface area (Å²) in [5.74, 6) is -0.233. The summed E-state index contributed by atoms with van der Waals surface area (Å²) in [5, 5.41) is 3.45. The van der Waals surface area contributed by atoms with E-state index in [-0.39, 0.29) is 5.91 Å². The van der Waals surface area contributed by atoms with E-state index < -0.39 is 0 Å². The smallest absolute Gasteiger partial charge is 0.271 e. The van der Waals surface area contributed by atoms with Crippen LogP contribution in [0.2, 0.25) is 10.0 Å². The van der Waals surface area contributed by atoms with Gasteiger partial charge in [0.1, 0.15) is 25.6 Å². The summed E-state index contributed by atoms with van der Waals surface area (Å²) < 4.78 is 1.70. The number of carbonyl (C=O) groups is 3. The molecular formula is C20H21Cl2N3O3. The van der Waals surface area contributed by atoms with Crippen molar-refractivity contribution in [2.45, 2.75) is 6.92 Å². The number of carbonyl (C=O) groups excluding carboxylic acids is 3. The van der Waals surface area contributed by atoms with Crippen molar-refractivity contribution < 1.29 is 14.4 Å². The molecule has 3 aromatic rings. The minimum Gasteiger partial charge on any atom is -0.354 e. The monoisotopic (exact) mass is 421 g/mol. The molecule has 1 N–H and O–H groups in total. The first kappa shape index (κ1) is 25.0. The van der Waals surface area contributed by atoms with Crippen LogP contribution in [0, 0.1) is 6.92 Å². The molecule has 0 atom stereocenters. The zero-order valence-electron chi connectivity index (χ0n) is 15.6. The summed E-state index contributed by atoms with van der Waals surface area (Å²) in [4.78, 5) is 31.3. The van der Waals surface area contributed by atoms with E-state index >= 15 is 0 Å². The number of nitrogens with one attached hydrogen (secondary N) is 1. The van der Waals surface area contributed by atoms with Crippen LogP contribution in [0.25, 0.3) is 5.69 Å². The summed E-state index contributed by atoms with van der Waals surface area (Å²) in [6.07, 6.45) is 3.17.